The van der Waals surface area contributed by atoms with E-state index in [2.05, 4.69) is 31.4 Å². The first-order chi connectivity index (χ1) is 10.2. The van der Waals surface area contributed by atoms with Gasteiger partial charge in [0.2, 0.25) is 0 Å². The van der Waals surface area contributed by atoms with Crippen LogP contribution in [-0.2, 0) is 0 Å². The summed E-state index contributed by atoms with van der Waals surface area (Å²) >= 11 is 0. The van der Waals surface area contributed by atoms with Gasteiger partial charge in [-0.05, 0) is 30.9 Å². The van der Waals surface area contributed by atoms with E-state index in [-0.39, 0.29) is 5.91 Å². The topological polar surface area (TPSA) is 41.1 Å². The van der Waals surface area contributed by atoms with E-state index >= 15 is 0 Å². The maximum absolute atomic E-state index is 12.4. The van der Waals surface area contributed by atoms with Crippen molar-refractivity contribution < 1.29 is 4.79 Å². The van der Waals surface area contributed by atoms with Crippen LogP contribution in [-0.4, -0.2) is 19.0 Å². The molecule has 0 saturated heterocycles. The molecule has 0 saturated carbocycles. The maximum atomic E-state index is 12.4. The van der Waals surface area contributed by atoms with Crippen LogP contribution in [0, 0.1) is 5.92 Å². The van der Waals surface area contributed by atoms with E-state index in [0.29, 0.717) is 5.92 Å². The Morgan fingerprint density at radius 2 is 1.90 bits per heavy atom. The summed E-state index contributed by atoms with van der Waals surface area (Å²) < 4.78 is 0. The Morgan fingerprint density at radius 3 is 2.57 bits per heavy atom. The summed E-state index contributed by atoms with van der Waals surface area (Å²) in [5, 5.41) is 6.42. The smallest absolute Gasteiger partial charge is 0.253 e. The van der Waals surface area contributed by atoms with Gasteiger partial charge in [-0.1, -0.05) is 52.2 Å². The second-order valence-corrected chi connectivity index (χ2v) is 5.60. The number of hydrogen-bond donors (Lipinski definition) is 2. The van der Waals surface area contributed by atoms with Crippen molar-refractivity contribution in [2.75, 3.05) is 18.4 Å². The third-order valence-corrected chi connectivity index (χ3v) is 3.83. The van der Waals surface area contributed by atoms with E-state index in [0.717, 1.165) is 37.2 Å². The second kappa shape index (κ2) is 10.3. The average Bonchev–Trinajstić information content (AvgIpc) is 2.53. The largest absolute Gasteiger partial charge is 0.384 e. The quantitative estimate of drug-likeness (QED) is 0.668. The molecule has 0 radical (unpaired) electrons. The first-order valence-electron chi connectivity index (χ1n) is 8.33. The molecule has 0 bridgehead atoms. The molecule has 0 heterocycles. The van der Waals surface area contributed by atoms with Gasteiger partial charge in [0, 0.05) is 18.8 Å². The summed E-state index contributed by atoms with van der Waals surface area (Å²) in [5.74, 6) is 0.619. The molecule has 2 N–H and O–H groups in total. The van der Waals surface area contributed by atoms with Crippen LogP contribution >= 0.6 is 0 Å². The van der Waals surface area contributed by atoms with Crippen LogP contribution in [0.25, 0.3) is 0 Å². The van der Waals surface area contributed by atoms with Crippen LogP contribution in [0.15, 0.2) is 24.3 Å². The third-order valence-electron chi connectivity index (χ3n) is 3.83. The van der Waals surface area contributed by atoms with Crippen molar-refractivity contribution >= 4 is 11.6 Å². The SMILES string of the molecule is CCCCC(CC)CNC(=O)c1ccccc1NCCC. The zero-order valence-electron chi connectivity index (χ0n) is 13.7. The van der Waals surface area contributed by atoms with E-state index < -0.39 is 0 Å². The van der Waals surface area contributed by atoms with Gasteiger partial charge in [0.05, 0.1) is 5.56 Å². The Hall–Kier alpha value is -1.51. The Balaban J connectivity index is 2.58. The van der Waals surface area contributed by atoms with Gasteiger partial charge in [0.15, 0.2) is 0 Å². The number of amides is 1. The van der Waals surface area contributed by atoms with Gasteiger partial charge in [0.25, 0.3) is 5.91 Å². The monoisotopic (exact) mass is 290 g/mol. The van der Waals surface area contributed by atoms with E-state index in [4.69, 9.17) is 0 Å². The fraction of sp³-hybridized carbons (Fsp3) is 0.611. The van der Waals surface area contributed by atoms with Gasteiger partial charge in [-0.2, -0.15) is 0 Å². The number of nitrogens with one attached hydrogen (secondary N) is 2. The highest BCUT2D eigenvalue weighted by Crippen LogP contribution is 2.16. The molecular weight excluding hydrogens is 260 g/mol. The Labute approximate surface area is 129 Å². The molecule has 21 heavy (non-hydrogen) atoms. The van der Waals surface area contributed by atoms with Gasteiger partial charge in [-0.25, -0.2) is 0 Å². The lowest BCUT2D eigenvalue weighted by molar-refractivity contribution is 0.0946. The summed E-state index contributed by atoms with van der Waals surface area (Å²) in [5.41, 5.74) is 1.68. The summed E-state index contributed by atoms with van der Waals surface area (Å²) in [7, 11) is 0. The lowest BCUT2D eigenvalue weighted by Gasteiger charge is -2.16. The van der Waals surface area contributed by atoms with Crippen molar-refractivity contribution in [3.63, 3.8) is 0 Å². The van der Waals surface area contributed by atoms with Crippen molar-refractivity contribution in [2.45, 2.75) is 52.9 Å². The van der Waals surface area contributed by atoms with Crippen molar-refractivity contribution in [1.29, 1.82) is 0 Å². The van der Waals surface area contributed by atoms with Crippen molar-refractivity contribution in [1.82, 2.24) is 5.32 Å². The fourth-order valence-electron chi connectivity index (χ4n) is 2.37. The van der Waals surface area contributed by atoms with E-state index in [1.807, 2.05) is 24.3 Å². The zero-order valence-corrected chi connectivity index (χ0v) is 13.7. The molecule has 1 aromatic rings. The number of para-hydroxylation sites is 1. The van der Waals surface area contributed by atoms with Gasteiger partial charge >= 0.3 is 0 Å². The van der Waals surface area contributed by atoms with Crippen molar-refractivity contribution in [2.24, 2.45) is 5.92 Å². The minimum absolute atomic E-state index is 0.0316. The molecule has 1 rings (SSSR count). The molecule has 3 heteroatoms. The van der Waals surface area contributed by atoms with E-state index in [1.54, 1.807) is 0 Å². The first-order valence-corrected chi connectivity index (χ1v) is 8.33. The number of anilines is 1. The summed E-state index contributed by atoms with van der Waals surface area (Å²) in [6.45, 7) is 8.19. The highest BCUT2D eigenvalue weighted by molar-refractivity contribution is 5.99. The molecule has 1 aromatic carbocycles. The highest BCUT2D eigenvalue weighted by Gasteiger charge is 2.12. The van der Waals surface area contributed by atoms with Crippen molar-refractivity contribution in [3.05, 3.63) is 29.8 Å². The normalized spacial score (nSPS) is 12.0. The van der Waals surface area contributed by atoms with Crippen LogP contribution in [0.2, 0.25) is 0 Å². The summed E-state index contributed by atoms with van der Waals surface area (Å²) in [6.07, 6.45) is 5.82. The summed E-state index contributed by atoms with van der Waals surface area (Å²) in [4.78, 5) is 12.4. The fourth-order valence-corrected chi connectivity index (χ4v) is 2.37. The molecule has 0 spiro atoms. The molecule has 0 aromatic heterocycles. The molecule has 0 aliphatic rings. The van der Waals surface area contributed by atoms with E-state index in [1.165, 1.54) is 19.3 Å². The number of hydrogen-bond acceptors (Lipinski definition) is 2. The lowest BCUT2D eigenvalue weighted by atomic mass is 9.99. The molecule has 0 aliphatic carbocycles. The van der Waals surface area contributed by atoms with Crippen LogP contribution < -0.4 is 10.6 Å². The number of carbonyl (C=O) groups excluding carboxylic acids is 1. The molecule has 1 amide bonds. The molecular formula is C18H30N2O. The standard InChI is InChI=1S/C18H30N2O/c1-4-7-10-15(6-3)14-20-18(21)16-11-8-9-12-17(16)19-13-5-2/h8-9,11-12,15,19H,4-7,10,13-14H2,1-3H3,(H,20,21). The molecule has 118 valence electrons. The summed E-state index contributed by atoms with van der Waals surface area (Å²) in [6, 6.07) is 7.74. The second-order valence-electron chi connectivity index (χ2n) is 5.60. The van der Waals surface area contributed by atoms with Crippen LogP contribution in [0.4, 0.5) is 5.69 Å². The van der Waals surface area contributed by atoms with Gasteiger partial charge < -0.3 is 10.6 Å². The van der Waals surface area contributed by atoms with Gasteiger partial charge in [-0.3, -0.25) is 4.79 Å². The number of benzene rings is 1. The maximum Gasteiger partial charge on any atom is 0.253 e. The van der Waals surface area contributed by atoms with Gasteiger partial charge in [0.1, 0.15) is 0 Å². The Morgan fingerprint density at radius 1 is 1.14 bits per heavy atom. The van der Waals surface area contributed by atoms with Crippen LogP contribution in [0.3, 0.4) is 0 Å². The van der Waals surface area contributed by atoms with Gasteiger partial charge in [-0.15, -0.1) is 0 Å². The molecule has 3 nitrogen and oxygen atoms in total. The molecule has 0 aliphatic heterocycles. The van der Waals surface area contributed by atoms with E-state index in [9.17, 15) is 4.79 Å². The average molecular weight is 290 g/mol. The van der Waals surface area contributed by atoms with Crippen LogP contribution in [0.1, 0.15) is 63.2 Å². The number of rotatable bonds is 10. The van der Waals surface area contributed by atoms with Crippen molar-refractivity contribution in [3.8, 4) is 0 Å². The first kappa shape index (κ1) is 17.5. The predicted octanol–water partition coefficient (Wildman–Crippen LogP) is 4.45. The minimum Gasteiger partial charge on any atom is -0.384 e. The predicted molar refractivity (Wildman–Crippen MR) is 90.9 cm³/mol. The number of unbranched alkanes of at least 4 members (excludes halogenated alkanes) is 1. The Bertz CT molecular complexity index is 417. The molecule has 1 unspecified atom stereocenters. The minimum atomic E-state index is 0.0316. The highest BCUT2D eigenvalue weighted by atomic mass is 16.1. The molecule has 0 fully saturated rings. The third kappa shape index (κ3) is 6.19. The lowest BCUT2D eigenvalue weighted by Crippen LogP contribution is -2.29. The van der Waals surface area contributed by atoms with Crippen LogP contribution in [0.5, 0.6) is 0 Å². The number of carbonyl (C=O) groups is 1. The Kier molecular flexibility index (Phi) is 8.56. The zero-order chi connectivity index (χ0) is 15.5. The molecule has 1 atom stereocenters.